The fourth-order valence-corrected chi connectivity index (χ4v) is 3.80. The van der Waals surface area contributed by atoms with Crippen molar-refractivity contribution in [1.29, 1.82) is 5.26 Å². The quantitative estimate of drug-likeness (QED) is 0.532. The molecule has 9 heteroatoms. The van der Waals surface area contributed by atoms with E-state index in [1.165, 1.54) is 6.07 Å². The van der Waals surface area contributed by atoms with Crippen LogP contribution in [0.3, 0.4) is 0 Å². The van der Waals surface area contributed by atoms with Crippen molar-refractivity contribution in [2.45, 2.75) is 32.9 Å². The van der Waals surface area contributed by atoms with Gasteiger partial charge in [-0.05, 0) is 26.0 Å². The zero-order valence-electron chi connectivity index (χ0n) is 17.1. The van der Waals surface area contributed by atoms with E-state index in [0.717, 1.165) is 22.4 Å². The molecule has 4 aromatic rings. The van der Waals surface area contributed by atoms with Gasteiger partial charge in [0.25, 0.3) is 0 Å². The molecule has 3 aromatic heterocycles. The van der Waals surface area contributed by atoms with Crippen molar-refractivity contribution in [3.63, 3.8) is 0 Å². The number of nitriles is 1. The minimum Gasteiger partial charge on any atom is -0.493 e. The predicted molar refractivity (Wildman–Crippen MR) is 112 cm³/mol. The Hall–Kier alpha value is -3.93. The van der Waals surface area contributed by atoms with E-state index in [0.29, 0.717) is 30.2 Å². The van der Waals surface area contributed by atoms with Gasteiger partial charge in [-0.2, -0.15) is 10.4 Å². The van der Waals surface area contributed by atoms with Crippen molar-refractivity contribution in [3.05, 3.63) is 59.6 Å². The van der Waals surface area contributed by atoms with Crippen LogP contribution in [0.15, 0.2) is 36.9 Å². The van der Waals surface area contributed by atoms with Crippen LogP contribution in [0.4, 0.5) is 10.3 Å². The number of rotatable bonds is 5. The van der Waals surface area contributed by atoms with Crippen LogP contribution in [0.5, 0.6) is 5.75 Å². The molecular formula is C22H20FN7O. The van der Waals surface area contributed by atoms with Gasteiger partial charge in [0.1, 0.15) is 17.6 Å². The lowest BCUT2D eigenvalue weighted by atomic mass is 10.0. The zero-order chi connectivity index (χ0) is 21.5. The van der Waals surface area contributed by atoms with Crippen LogP contribution in [0.2, 0.25) is 0 Å². The number of aromatic nitrogens is 5. The highest BCUT2D eigenvalue weighted by atomic mass is 19.1. The van der Waals surface area contributed by atoms with Gasteiger partial charge in [0.15, 0.2) is 11.3 Å². The van der Waals surface area contributed by atoms with Crippen LogP contribution in [0.1, 0.15) is 36.7 Å². The Morgan fingerprint density at radius 3 is 2.94 bits per heavy atom. The number of halogens is 1. The summed E-state index contributed by atoms with van der Waals surface area (Å²) in [6.07, 6.45) is 7.68. The normalized spacial score (nSPS) is 12.7. The molecule has 0 saturated heterocycles. The van der Waals surface area contributed by atoms with E-state index in [4.69, 9.17) is 4.74 Å². The van der Waals surface area contributed by atoms with Gasteiger partial charge < -0.3 is 10.1 Å². The standard InChI is InChI=1S/C22H20FN7O/c1-13(2)30-11-14(8-27-30)17-9-25-22(29-12-15(7-24)28-21(17)29)26-10-18-16-5-6-31-20(16)4-3-19(18)23/h3-4,8-9,11-13H,5-6,10H2,1-2H3,(H,25,26). The molecule has 5 rings (SSSR count). The third-order valence-corrected chi connectivity index (χ3v) is 5.41. The highest BCUT2D eigenvalue weighted by Gasteiger charge is 2.20. The summed E-state index contributed by atoms with van der Waals surface area (Å²) in [5, 5.41) is 17.0. The first-order chi connectivity index (χ1) is 15.0. The number of fused-ring (bicyclic) bond motifs is 2. The van der Waals surface area contributed by atoms with Gasteiger partial charge in [-0.15, -0.1) is 0 Å². The Morgan fingerprint density at radius 2 is 2.16 bits per heavy atom. The fourth-order valence-electron chi connectivity index (χ4n) is 3.80. The van der Waals surface area contributed by atoms with E-state index in [1.54, 1.807) is 29.1 Å². The third kappa shape index (κ3) is 3.26. The number of hydrogen-bond acceptors (Lipinski definition) is 6. The number of imidazole rings is 1. The summed E-state index contributed by atoms with van der Waals surface area (Å²) in [6.45, 7) is 4.89. The van der Waals surface area contributed by atoms with Crippen molar-refractivity contribution < 1.29 is 9.13 Å². The first-order valence-corrected chi connectivity index (χ1v) is 10.0. The largest absolute Gasteiger partial charge is 0.493 e. The van der Waals surface area contributed by atoms with Crippen LogP contribution in [0.25, 0.3) is 16.8 Å². The molecule has 0 saturated carbocycles. The van der Waals surface area contributed by atoms with E-state index < -0.39 is 0 Å². The number of nitrogens with one attached hydrogen (secondary N) is 1. The van der Waals surface area contributed by atoms with Crippen LogP contribution in [0, 0.1) is 17.1 Å². The van der Waals surface area contributed by atoms with Gasteiger partial charge in [0.05, 0.1) is 19.0 Å². The Balaban J connectivity index is 1.53. The third-order valence-electron chi connectivity index (χ3n) is 5.41. The highest BCUT2D eigenvalue weighted by Crippen LogP contribution is 2.31. The smallest absolute Gasteiger partial charge is 0.208 e. The zero-order valence-corrected chi connectivity index (χ0v) is 17.1. The summed E-state index contributed by atoms with van der Waals surface area (Å²) in [5.41, 5.74) is 3.92. The number of hydrogen-bond donors (Lipinski definition) is 1. The van der Waals surface area contributed by atoms with Crippen molar-refractivity contribution in [3.8, 4) is 22.9 Å². The number of nitrogens with zero attached hydrogens (tertiary/aromatic N) is 6. The van der Waals surface area contributed by atoms with Crippen molar-refractivity contribution in [2.24, 2.45) is 0 Å². The molecule has 156 valence electrons. The lowest BCUT2D eigenvalue weighted by Gasteiger charge is -2.12. The van der Waals surface area contributed by atoms with Crippen molar-refractivity contribution in [1.82, 2.24) is 24.1 Å². The molecule has 0 atom stereocenters. The molecule has 4 heterocycles. The average molecular weight is 417 g/mol. The SMILES string of the molecule is CC(C)n1cc(-c2cnc(NCc3c(F)ccc4c3CCO4)n3cc(C#N)nc23)cn1. The minimum atomic E-state index is -0.283. The second-order valence-electron chi connectivity index (χ2n) is 7.68. The van der Waals surface area contributed by atoms with Gasteiger partial charge in [-0.25, -0.2) is 14.4 Å². The van der Waals surface area contributed by atoms with Crippen molar-refractivity contribution in [2.75, 3.05) is 11.9 Å². The summed E-state index contributed by atoms with van der Waals surface area (Å²) < 4.78 is 23.6. The summed E-state index contributed by atoms with van der Waals surface area (Å²) in [6, 6.07) is 5.39. The molecule has 0 radical (unpaired) electrons. The van der Waals surface area contributed by atoms with E-state index in [2.05, 4.69) is 26.5 Å². The van der Waals surface area contributed by atoms with Crippen LogP contribution in [-0.2, 0) is 13.0 Å². The Labute approximate surface area is 177 Å². The maximum Gasteiger partial charge on any atom is 0.208 e. The van der Waals surface area contributed by atoms with Gasteiger partial charge >= 0.3 is 0 Å². The molecule has 1 aliphatic heterocycles. The first kappa shape index (κ1) is 19.1. The molecule has 8 nitrogen and oxygen atoms in total. The van der Waals surface area contributed by atoms with Gasteiger partial charge in [0, 0.05) is 53.7 Å². The Kier molecular flexibility index (Phi) is 4.55. The first-order valence-electron chi connectivity index (χ1n) is 10.0. The number of benzene rings is 1. The molecule has 1 aromatic carbocycles. The van der Waals surface area contributed by atoms with Crippen LogP contribution >= 0.6 is 0 Å². The summed E-state index contributed by atoms with van der Waals surface area (Å²) in [4.78, 5) is 8.98. The van der Waals surface area contributed by atoms with Crippen LogP contribution in [-0.4, -0.2) is 30.8 Å². The molecule has 1 aliphatic rings. The Morgan fingerprint density at radius 1 is 1.29 bits per heavy atom. The second-order valence-corrected chi connectivity index (χ2v) is 7.68. The molecule has 0 fully saturated rings. The molecule has 0 amide bonds. The molecule has 0 unspecified atom stereocenters. The van der Waals surface area contributed by atoms with Gasteiger partial charge in [-0.3, -0.25) is 9.08 Å². The molecule has 0 bridgehead atoms. The van der Waals surface area contributed by atoms with E-state index in [-0.39, 0.29) is 24.1 Å². The van der Waals surface area contributed by atoms with Gasteiger partial charge in [0.2, 0.25) is 5.95 Å². The monoisotopic (exact) mass is 417 g/mol. The molecule has 1 N–H and O–H groups in total. The second kappa shape index (κ2) is 7.40. The maximum atomic E-state index is 14.5. The van der Waals surface area contributed by atoms with E-state index in [1.807, 2.05) is 24.7 Å². The predicted octanol–water partition coefficient (Wildman–Crippen LogP) is 3.73. The number of ether oxygens (including phenoxy) is 1. The maximum absolute atomic E-state index is 14.5. The molecular weight excluding hydrogens is 397 g/mol. The van der Waals surface area contributed by atoms with E-state index in [9.17, 15) is 9.65 Å². The number of anilines is 1. The summed E-state index contributed by atoms with van der Waals surface area (Å²) in [5.74, 6) is 0.914. The lowest BCUT2D eigenvalue weighted by molar-refractivity contribution is 0.356. The average Bonchev–Trinajstić information content (AvgIpc) is 3.51. The van der Waals surface area contributed by atoms with Gasteiger partial charge in [-0.1, -0.05) is 0 Å². The topological polar surface area (TPSA) is 93.1 Å². The van der Waals surface area contributed by atoms with Crippen LogP contribution < -0.4 is 10.1 Å². The molecule has 31 heavy (non-hydrogen) atoms. The molecule has 0 aliphatic carbocycles. The summed E-state index contributed by atoms with van der Waals surface area (Å²) in [7, 11) is 0. The minimum absolute atomic E-state index is 0.222. The lowest BCUT2D eigenvalue weighted by Crippen LogP contribution is -2.09. The highest BCUT2D eigenvalue weighted by molar-refractivity contribution is 5.77. The van der Waals surface area contributed by atoms with E-state index >= 15 is 0 Å². The molecule has 0 spiro atoms. The van der Waals surface area contributed by atoms with Crippen molar-refractivity contribution >= 4 is 11.6 Å². The summed E-state index contributed by atoms with van der Waals surface area (Å²) >= 11 is 0. The Bertz CT molecular complexity index is 1330. The fraction of sp³-hybridized carbons (Fsp3) is 0.273.